The van der Waals surface area contributed by atoms with E-state index >= 15 is 0 Å². The second-order valence-electron chi connectivity index (χ2n) is 4.79. The number of rotatable bonds is 3. The fourth-order valence-corrected chi connectivity index (χ4v) is 2.34. The van der Waals surface area contributed by atoms with Gasteiger partial charge in [-0.3, -0.25) is 4.99 Å². The lowest BCUT2D eigenvalue weighted by molar-refractivity contribution is 0.0937. The summed E-state index contributed by atoms with van der Waals surface area (Å²) in [6.45, 7) is 5.03. The normalized spacial score (nSPS) is 37.1. The highest BCUT2D eigenvalue weighted by atomic mass is 16.5. The minimum absolute atomic E-state index is 0.370. The van der Waals surface area contributed by atoms with Crippen LogP contribution in [0.4, 0.5) is 0 Å². The summed E-state index contributed by atoms with van der Waals surface area (Å²) < 4.78 is 5.77. The summed E-state index contributed by atoms with van der Waals surface area (Å²) in [7, 11) is 0. The van der Waals surface area contributed by atoms with Gasteiger partial charge < -0.3 is 10.5 Å². The largest absolute Gasteiger partial charge is 0.387 e. The summed E-state index contributed by atoms with van der Waals surface area (Å²) in [6, 6.07) is 0. The Hall–Kier alpha value is -0.570. The zero-order valence-corrected chi connectivity index (χ0v) is 9.07. The standard InChI is InChI=1S/C11H20N2O/c1-7(2)11(12)13-6-8-5-9-3-4-10(8)14-9/h7-10H,3-6H2,1-2H3,(H2,12,13). The van der Waals surface area contributed by atoms with Crippen molar-refractivity contribution in [1.29, 1.82) is 0 Å². The Morgan fingerprint density at radius 1 is 1.50 bits per heavy atom. The maximum absolute atomic E-state index is 5.80. The number of nitrogens with zero attached hydrogens (tertiary/aromatic N) is 1. The first-order chi connectivity index (χ1) is 6.66. The third-order valence-electron chi connectivity index (χ3n) is 3.33. The first-order valence-corrected chi connectivity index (χ1v) is 5.62. The molecule has 14 heavy (non-hydrogen) atoms. The Labute approximate surface area is 85.7 Å². The fourth-order valence-electron chi connectivity index (χ4n) is 2.34. The molecular formula is C11H20N2O. The molecule has 80 valence electrons. The van der Waals surface area contributed by atoms with E-state index in [2.05, 4.69) is 18.8 Å². The molecule has 2 N–H and O–H groups in total. The molecule has 3 heteroatoms. The Kier molecular flexibility index (Phi) is 2.77. The summed E-state index contributed by atoms with van der Waals surface area (Å²) in [5, 5.41) is 0. The minimum atomic E-state index is 0.370. The van der Waals surface area contributed by atoms with Gasteiger partial charge in [0.1, 0.15) is 0 Å². The average Bonchev–Trinajstić information content (AvgIpc) is 2.74. The van der Waals surface area contributed by atoms with E-state index in [0.29, 0.717) is 24.0 Å². The van der Waals surface area contributed by atoms with E-state index in [0.717, 1.165) is 12.4 Å². The molecule has 0 amide bonds. The molecule has 2 bridgehead atoms. The smallest absolute Gasteiger partial charge is 0.0962 e. The quantitative estimate of drug-likeness (QED) is 0.550. The van der Waals surface area contributed by atoms with Gasteiger partial charge in [-0.2, -0.15) is 0 Å². The van der Waals surface area contributed by atoms with Crippen LogP contribution < -0.4 is 5.73 Å². The van der Waals surface area contributed by atoms with Crippen LogP contribution in [0.5, 0.6) is 0 Å². The molecule has 3 unspecified atom stereocenters. The second kappa shape index (κ2) is 3.89. The molecule has 2 heterocycles. The molecular weight excluding hydrogens is 176 g/mol. The van der Waals surface area contributed by atoms with Crippen molar-refractivity contribution in [3.05, 3.63) is 0 Å². The number of hydrogen-bond donors (Lipinski definition) is 1. The van der Waals surface area contributed by atoms with E-state index in [1.54, 1.807) is 0 Å². The second-order valence-corrected chi connectivity index (χ2v) is 4.79. The predicted molar refractivity (Wildman–Crippen MR) is 57.3 cm³/mol. The number of ether oxygens (including phenoxy) is 1. The van der Waals surface area contributed by atoms with Gasteiger partial charge in [0.2, 0.25) is 0 Å². The van der Waals surface area contributed by atoms with Crippen LogP contribution in [0, 0.1) is 11.8 Å². The fraction of sp³-hybridized carbons (Fsp3) is 0.909. The van der Waals surface area contributed by atoms with Crippen molar-refractivity contribution in [2.45, 2.75) is 45.3 Å². The van der Waals surface area contributed by atoms with Crippen molar-refractivity contribution in [3.63, 3.8) is 0 Å². The van der Waals surface area contributed by atoms with Gasteiger partial charge in [0, 0.05) is 18.4 Å². The van der Waals surface area contributed by atoms with Crippen LogP contribution in [0.3, 0.4) is 0 Å². The van der Waals surface area contributed by atoms with Gasteiger partial charge in [0.25, 0.3) is 0 Å². The van der Waals surface area contributed by atoms with Crippen molar-refractivity contribution < 1.29 is 4.74 Å². The molecule has 0 spiro atoms. The first kappa shape index (κ1) is 9.97. The van der Waals surface area contributed by atoms with Crippen LogP contribution in [0.2, 0.25) is 0 Å². The lowest BCUT2D eigenvalue weighted by Crippen LogP contribution is -2.24. The molecule has 2 aliphatic heterocycles. The Morgan fingerprint density at radius 3 is 2.79 bits per heavy atom. The monoisotopic (exact) mass is 196 g/mol. The van der Waals surface area contributed by atoms with Gasteiger partial charge in [0.05, 0.1) is 18.0 Å². The molecule has 0 aromatic rings. The topological polar surface area (TPSA) is 47.6 Å². The molecule has 2 rings (SSSR count). The van der Waals surface area contributed by atoms with Gasteiger partial charge in [-0.15, -0.1) is 0 Å². The number of aliphatic imine (C=N–C) groups is 1. The van der Waals surface area contributed by atoms with Gasteiger partial charge >= 0.3 is 0 Å². The van der Waals surface area contributed by atoms with Crippen LogP contribution in [-0.2, 0) is 4.74 Å². The lowest BCUT2D eigenvalue weighted by atomic mass is 9.89. The van der Waals surface area contributed by atoms with Crippen LogP contribution in [0.1, 0.15) is 33.1 Å². The van der Waals surface area contributed by atoms with Crippen molar-refractivity contribution in [2.75, 3.05) is 6.54 Å². The van der Waals surface area contributed by atoms with E-state index in [-0.39, 0.29) is 0 Å². The number of nitrogens with two attached hydrogens (primary N) is 1. The lowest BCUT2D eigenvalue weighted by Gasteiger charge is -2.16. The summed E-state index contributed by atoms with van der Waals surface area (Å²) in [5.74, 6) is 1.79. The molecule has 2 saturated heterocycles. The SMILES string of the molecule is CC(C)C(N)=NCC1CC2CCC1O2. The third-order valence-corrected chi connectivity index (χ3v) is 3.33. The summed E-state index contributed by atoms with van der Waals surface area (Å²) in [5.41, 5.74) is 5.80. The van der Waals surface area contributed by atoms with Crippen molar-refractivity contribution >= 4 is 5.84 Å². The van der Waals surface area contributed by atoms with E-state index < -0.39 is 0 Å². The molecule has 0 aromatic heterocycles. The molecule has 0 aromatic carbocycles. The maximum atomic E-state index is 5.80. The van der Waals surface area contributed by atoms with Crippen LogP contribution >= 0.6 is 0 Å². The highest BCUT2D eigenvalue weighted by Crippen LogP contribution is 2.38. The average molecular weight is 196 g/mol. The molecule has 3 atom stereocenters. The van der Waals surface area contributed by atoms with E-state index in [1.165, 1.54) is 19.3 Å². The van der Waals surface area contributed by atoms with Gasteiger partial charge in [0.15, 0.2) is 0 Å². The Bertz CT molecular complexity index is 237. The number of amidine groups is 1. The van der Waals surface area contributed by atoms with Gasteiger partial charge in [-0.1, -0.05) is 13.8 Å². The third kappa shape index (κ3) is 1.92. The number of hydrogen-bond acceptors (Lipinski definition) is 2. The highest BCUT2D eigenvalue weighted by Gasteiger charge is 2.40. The first-order valence-electron chi connectivity index (χ1n) is 5.62. The van der Waals surface area contributed by atoms with Crippen LogP contribution in [0.25, 0.3) is 0 Å². The van der Waals surface area contributed by atoms with Gasteiger partial charge in [-0.25, -0.2) is 0 Å². The molecule has 0 radical (unpaired) electrons. The van der Waals surface area contributed by atoms with Crippen LogP contribution in [-0.4, -0.2) is 24.6 Å². The summed E-state index contributed by atoms with van der Waals surface area (Å²) in [6.07, 6.45) is 4.68. The molecule has 0 aliphatic carbocycles. The van der Waals surface area contributed by atoms with E-state index in [9.17, 15) is 0 Å². The Balaban J connectivity index is 1.84. The van der Waals surface area contributed by atoms with Crippen LogP contribution in [0.15, 0.2) is 4.99 Å². The van der Waals surface area contributed by atoms with Crippen molar-refractivity contribution in [3.8, 4) is 0 Å². The summed E-state index contributed by atoms with van der Waals surface area (Å²) >= 11 is 0. The molecule has 3 nitrogen and oxygen atoms in total. The predicted octanol–water partition coefficient (Wildman–Crippen LogP) is 1.57. The maximum Gasteiger partial charge on any atom is 0.0962 e. The van der Waals surface area contributed by atoms with E-state index in [1.807, 2.05) is 0 Å². The zero-order chi connectivity index (χ0) is 10.1. The highest BCUT2D eigenvalue weighted by molar-refractivity contribution is 5.82. The van der Waals surface area contributed by atoms with Crippen molar-refractivity contribution in [1.82, 2.24) is 0 Å². The minimum Gasteiger partial charge on any atom is -0.387 e. The summed E-state index contributed by atoms with van der Waals surface area (Å²) in [4.78, 5) is 4.44. The van der Waals surface area contributed by atoms with Gasteiger partial charge in [-0.05, 0) is 19.3 Å². The molecule has 2 fully saturated rings. The van der Waals surface area contributed by atoms with E-state index in [4.69, 9.17) is 10.5 Å². The Morgan fingerprint density at radius 2 is 2.29 bits per heavy atom. The number of fused-ring (bicyclic) bond motifs is 2. The molecule has 2 aliphatic rings. The van der Waals surface area contributed by atoms with Crippen molar-refractivity contribution in [2.24, 2.45) is 22.6 Å². The molecule has 0 saturated carbocycles. The zero-order valence-electron chi connectivity index (χ0n) is 9.07.